The first kappa shape index (κ1) is 18.7. The van der Waals surface area contributed by atoms with Crippen LogP contribution in [0.25, 0.3) is 0 Å². The lowest BCUT2D eigenvalue weighted by Gasteiger charge is -2.40. The number of hydrogen-bond acceptors (Lipinski definition) is 3. The van der Waals surface area contributed by atoms with Crippen LogP contribution in [0.2, 0.25) is 0 Å². The zero-order valence-electron chi connectivity index (χ0n) is 16.5. The van der Waals surface area contributed by atoms with Crippen LogP contribution < -0.4 is 0 Å². The van der Waals surface area contributed by atoms with Crippen molar-refractivity contribution in [2.75, 3.05) is 26.2 Å². The third-order valence-corrected chi connectivity index (χ3v) is 6.97. The fraction of sp³-hybridized carbons (Fsp3) is 0.522. The van der Waals surface area contributed by atoms with E-state index in [1.165, 1.54) is 30.5 Å². The molecule has 2 aliphatic rings. The summed E-state index contributed by atoms with van der Waals surface area (Å²) in [5, 5.41) is 3.97. The van der Waals surface area contributed by atoms with Crippen molar-refractivity contribution in [3.8, 4) is 0 Å². The van der Waals surface area contributed by atoms with E-state index in [1.807, 2.05) is 16.8 Å². The molecule has 1 atom stereocenters. The summed E-state index contributed by atoms with van der Waals surface area (Å²) in [5.74, 6) is 0.803. The zero-order valence-corrected chi connectivity index (χ0v) is 17.3. The topological polar surface area (TPSA) is 23.6 Å². The molecule has 0 saturated carbocycles. The summed E-state index contributed by atoms with van der Waals surface area (Å²) in [6.45, 7) is 9.63. The van der Waals surface area contributed by atoms with Crippen LogP contribution in [0.15, 0.2) is 41.1 Å². The minimum absolute atomic E-state index is 0.217. The van der Waals surface area contributed by atoms with E-state index in [0.717, 1.165) is 38.2 Å². The fourth-order valence-electron chi connectivity index (χ4n) is 4.72. The van der Waals surface area contributed by atoms with E-state index in [4.69, 9.17) is 0 Å². The average molecular weight is 383 g/mol. The van der Waals surface area contributed by atoms with Crippen LogP contribution in [0, 0.1) is 5.41 Å². The summed E-state index contributed by atoms with van der Waals surface area (Å²) in [6.07, 6.45) is 3.64. The molecule has 0 radical (unpaired) electrons. The van der Waals surface area contributed by atoms with Gasteiger partial charge in [-0.3, -0.25) is 9.69 Å². The predicted octanol–water partition coefficient (Wildman–Crippen LogP) is 5.00. The third kappa shape index (κ3) is 4.12. The quantitative estimate of drug-likeness (QED) is 0.743. The number of piperidine rings is 1. The first-order valence-electron chi connectivity index (χ1n) is 10.2. The van der Waals surface area contributed by atoms with Gasteiger partial charge in [0.15, 0.2) is 0 Å². The van der Waals surface area contributed by atoms with Crippen molar-refractivity contribution in [3.63, 3.8) is 0 Å². The number of amides is 1. The molecular formula is C23H30N2OS. The molecule has 2 aromatic rings. The second-order valence-electron chi connectivity index (χ2n) is 8.70. The van der Waals surface area contributed by atoms with Crippen molar-refractivity contribution in [2.45, 2.75) is 45.6 Å². The molecule has 1 amide bonds. The Bertz CT molecular complexity index is 768. The van der Waals surface area contributed by atoms with Crippen molar-refractivity contribution < 1.29 is 4.79 Å². The summed E-state index contributed by atoms with van der Waals surface area (Å²) < 4.78 is 0. The molecule has 27 heavy (non-hydrogen) atoms. The molecule has 2 aliphatic heterocycles. The number of benzene rings is 1. The van der Waals surface area contributed by atoms with Crippen LogP contribution in [-0.2, 0) is 6.54 Å². The van der Waals surface area contributed by atoms with Crippen molar-refractivity contribution in [1.82, 2.24) is 9.80 Å². The zero-order chi connectivity index (χ0) is 18.9. The first-order chi connectivity index (χ1) is 13.0. The molecule has 1 aromatic carbocycles. The van der Waals surface area contributed by atoms with Crippen molar-refractivity contribution in [3.05, 3.63) is 57.8 Å². The summed E-state index contributed by atoms with van der Waals surface area (Å²) in [6, 6.07) is 11.1. The van der Waals surface area contributed by atoms with Crippen molar-refractivity contribution >= 4 is 17.2 Å². The molecule has 2 saturated heterocycles. The largest absolute Gasteiger partial charge is 0.338 e. The van der Waals surface area contributed by atoms with E-state index in [9.17, 15) is 4.79 Å². The van der Waals surface area contributed by atoms with E-state index < -0.39 is 0 Å². The second kappa shape index (κ2) is 7.76. The molecule has 0 aliphatic carbocycles. The van der Waals surface area contributed by atoms with Crippen LogP contribution in [0.3, 0.4) is 0 Å². The van der Waals surface area contributed by atoms with Crippen molar-refractivity contribution in [2.24, 2.45) is 5.41 Å². The molecule has 3 heterocycles. The van der Waals surface area contributed by atoms with Crippen LogP contribution in [0.1, 0.15) is 60.5 Å². The molecular weight excluding hydrogens is 352 g/mol. The molecule has 144 valence electrons. The Balaban J connectivity index is 1.38. The number of rotatable bonds is 4. The average Bonchev–Trinajstić information content (AvgIpc) is 3.32. The summed E-state index contributed by atoms with van der Waals surface area (Å²) >= 11 is 1.60. The molecule has 3 nitrogen and oxygen atoms in total. The predicted molar refractivity (Wildman–Crippen MR) is 112 cm³/mol. The Hall–Kier alpha value is -1.65. The maximum Gasteiger partial charge on any atom is 0.254 e. The number of carbonyl (C=O) groups is 1. The highest BCUT2D eigenvalue weighted by atomic mass is 32.1. The fourth-order valence-corrected chi connectivity index (χ4v) is 5.35. The van der Waals surface area contributed by atoms with Gasteiger partial charge in [0.05, 0.1) is 5.56 Å². The normalized spacial score (nSPS) is 23.4. The Morgan fingerprint density at radius 2 is 1.93 bits per heavy atom. The Morgan fingerprint density at radius 1 is 1.11 bits per heavy atom. The lowest BCUT2D eigenvalue weighted by Crippen LogP contribution is -2.45. The molecule has 4 heteroatoms. The third-order valence-electron chi connectivity index (χ3n) is 6.29. The van der Waals surface area contributed by atoms with E-state index in [-0.39, 0.29) is 5.91 Å². The van der Waals surface area contributed by atoms with Gasteiger partial charge in [-0.1, -0.05) is 38.1 Å². The number of likely N-dealkylation sites (tertiary alicyclic amines) is 2. The summed E-state index contributed by atoms with van der Waals surface area (Å²) in [4.78, 5) is 17.4. The molecule has 2 fully saturated rings. The van der Waals surface area contributed by atoms with Crippen molar-refractivity contribution in [1.29, 1.82) is 0 Å². The maximum absolute atomic E-state index is 12.7. The summed E-state index contributed by atoms with van der Waals surface area (Å²) in [5.41, 5.74) is 3.96. The molecule has 1 spiro atoms. The van der Waals surface area contributed by atoms with Crippen LogP contribution in [0.4, 0.5) is 0 Å². The van der Waals surface area contributed by atoms with Gasteiger partial charge >= 0.3 is 0 Å². The molecule has 4 rings (SSSR count). The van der Waals surface area contributed by atoms with E-state index >= 15 is 0 Å². The Morgan fingerprint density at radius 3 is 2.63 bits per heavy atom. The standard InChI is InChI=1S/C23H30N2OS/c1-18(2)20-6-4-19(5-7-20)14-24-11-3-9-23(16-24)10-12-25(17-23)22(26)21-8-13-27-15-21/h4-8,13,15,18H,3,9-12,14,16-17H2,1-2H3/t23-/m1/s1. The minimum Gasteiger partial charge on any atom is -0.338 e. The molecule has 0 bridgehead atoms. The lowest BCUT2D eigenvalue weighted by molar-refractivity contribution is 0.0676. The first-order valence-corrected chi connectivity index (χ1v) is 11.1. The second-order valence-corrected chi connectivity index (χ2v) is 9.48. The molecule has 0 N–H and O–H groups in total. The molecule has 0 unspecified atom stereocenters. The van der Waals surface area contributed by atoms with Crippen LogP contribution in [-0.4, -0.2) is 41.9 Å². The monoisotopic (exact) mass is 382 g/mol. The van der Waals surface area contributed by atoms with E-state index in [0.29, 0.717) is 11.3 Å². The SMILES string of the molecule is CC(C)c1ccc(CN2CCC[C@@]3(CCN(C(=O)c4ccsc4)C3)C2)cc1. The van der Waals surface area contributed by atoms with Crippen LogP contribution in [0.5, 0.6) is 0 Å². The highest BCUT2D eigenvalue weighted by Gasteiger charge is 2.42. The van der Waals surface area contributed by atoms with Gasteiger partial charge < -0.3 is 4.90 Å². The van der Waals surface area contributed by atoms with E-state index in [1.54, 1.807) is 11.3 Å². The number of hydrogen-bond donors (Lipinski definition) is 0. The van der Waals surface area contributed by atoms with Gasteiger partial charge in [0, 0.05) is 37.0 Å². The van der Waals surface area contributed by atoms with Gasteiger partial charge in [-0.25, -0.2) is 0 Å². The number of carbonyl (C=O) groups excluding carboxylic acids is 1. The van der Waals surface area contributed by atoms with Gasteiger partial charge in [0.25, 0.3) is 5.91 Å². The lowest BCUT2D eigenvalue weighted by atomic mass is 9.79. The summed E-state index contributed by atoms with van der Waals surface area (Å²) in [7, 11) is 0. The number of thiophene rings is 1. The van der Waals surface area contributed by atoms with Gasteiger partial charge in [-0.15, -0.1) is 0 Å². The Kier molecular flexibility index (Phi) is 5.38. The number of nitrogens with zero attached hydrogens (tertiary/aromatic N) is 2. The molecule has 1 aromatic heterocycles. The van der Waals surface area contributed by atoms with Gasteiger partial charge in [0.2, 0.25) is 0 Å². The minimum atomic E-state index is 0.217. The highest BCUT2D eigenvalue weighted by molar-refractivity contribution is 7.08. The van der Waals surface area contributed by atoms with Crippen LogP contribution >= 0.6 is 11.3 Å². The highest BCUT2D eigenvalue weighted by Crippen LogP contribution is 2.40. The van der Waals surface area contributed by atoms with Gasteiger partial charge in [-0.05, 0) is 54.3 Å². The maximum atomic E-state index is 12.7. The van der Waals surface area contributed by atoms with Gasteiger partial charge in [0.1, 0.15) is 0 Å². The smallest absolute Gasteiger partial charge is 0.254 e. The van der Waals surface area contributed by atoms with E-state index in [2.05, 4.69) is 47.9 Å². The van der Waals surface area contributed by atoms with Gasteiger partial charge in [-0.2, -0.15) is 11.3 Å². The Labute approximate surface area is 167 Å².